The average Bonchev–Trinajstić information content (AvgIpc) is 2.63. The lowest BCUT2D eigenvalue weighted by Gasteiger charge is -2.25. The van der Waals surface area contributed by atoms with Crippen LogP contribution in [0.5, 0.6) is 0 Å². The van der Waals surface area contributed by atoms with Gasteiger partial charge in [0.15, 0.2) is 0 Å². The zero-order valence-electron chi connectivity index (χ0n) is 7.97. The van der Waals surface area contributed by atoms with Crippen molar-refractivity contribution in [3.8, 4) is 0 Å². The molecule has 0 bridgehead atoms. The van der Waals surface area contributed by atoms with Crippen molar-refractivity contribution < 1.29 is 19.4 Å². The molecule has 6 nitrogen and oxygen atoms in total. The number of rotatable bonds is 3. The van der Waals surface area contributed by atoms with Crippen LogP contribution in [0, 0.1) is 5.92 Å². The smallest absolute Gasteiger partial charge is 0.311 e. The quantitative estimate of drug-likeness (QED) is 0.581. The highest BCUT2D eigenvalue weighted by atomic mass is 16.5. The number of ether oxygens (including phenoxy) is 1. The first-order valence-electron chi connectivity index (χ1n) is 4.34. The summed E-state index contributed by atoms with van der Waals surface area (Å²) >= 11 is 0. The van der Waals surface area contributed by atoms with Crippen molar-refractivity contribution in [3.63, 3.8) is 0 Å². The third kappa shape index (κ3) is 2.02. The number of nitrogens with zero attached hydrogens (tertiary/aromatic N) is 1. The highest BCUT2D eigenvalue weighted by Gasteiger charge is 2.37. The van der Waals surface area contributed by atoms with E-state index in [0.717, 1.165) is 0 Å². The lowest BCUT2D eigenvalue weighted by molar-refractivity contribution is -0.144. The van der Waals surface area contributed by atoms with Crippen LogP contribution in [0.4, 0.5) is 0 Å². The molecule has 0 aromatic carbocycles. The maximum Gasteiger partial charge on any atom is 0.311 e. The van der Waals surface area contributed by atoms with Gasteiger partial charge in [0.05, 0.1) is 25.8 Å². The zero-order valence-corrected chi connectivity index (χ0v) is 7.97. The Hall–Kier alpha value is -1.14. The van der Waals surface area contributed by atoms with E-state index in [1.165, 1.54) is 4.90 Å². The molecule has 2 atom stereocenters. The van der Waals surface area contributed by atoms with Crippen LogP contribution in [0.25, 0.3) is 0 Å². The molecule has 1 heterocycles. The van der Waals surface area contributed by atoms with E-state index >= 15 is 0 Å². The molecular formula is C8H14N2O4. The third-order valence-corrected chi connectivity index (χ3v) is 2.43. The number of aliphatic carboxylic acids is 1. The summed E-state index contributed by atoms with van der Waals surface area (Å²) in [4.78, 5) is 23.4. The van der Waals surface area contributed by atoms with Crippen LogP contribution in [0.1, 0.15) is 0 Å². The topological polar surface area (TPSA) is 92.9 Å². The van der Waals surface area contributed by atoms with Crippen LogP contribution in [-0.2, 0) is 14.3 Å². The summed E-state index contributed by atoms with van der Waals surface area (Å²) in [6, 6.07) is -0.399. The predicted molar refractivity (Wildman–Crippen MR) is 47.6 cm³/mol. The Morgan fingerprint density at radius 1 is 1.57 bits per heavy atom. The minimum Gasteiger partial charge on any atom is -0.481 e. The van der Waals surface area contributed by atoms with E-state index in [-0.39, 0.29) is 25.7 Å². The molecule has 1 saturated heterocycles. The van der Waals surface area contributed by atoms with Gasteiger partial charge in [-0.15, -0.1) is 0 Å². The highest BCUT2D eigenvalue weighted by molar-refractivity contribution is 5.79. The Balaban J connectivity index is 2.66. The number of amides is 1. The van der Waals surface area contributed by atoms with E-state index in [4.69, 9.17) is 15.6 Å². The fourth-order valence-electron chi connectivity index (χ4n) is 1.49. The summed E-state index contributed by atoms with van der Waals surface area (Å²) in [5, 5.41) is 8.84. The number of hydrogen-bond acceptors (Lipinski definition) is 4. The fourth-order valence-corrected chi connectivity index (χ4v) is 1.49. The first-order chi connectivity index (χ1) is 6.57. The number of carboxylic acids is 1. The molecule has 0 saturated carbocycles. The second-order valence-electron chi connectivity index (χ2n) is 3.26. The molecule has 0 radical (unpaired) electrons. The summed E-state index contributed by atoms with van der Waals surface area (Å²) in [5.74, 6) is -1.86. The van der Waals surface area contributed by atoms with Gasteiger partial charge in [-0.25, -0.2) is 0 Å². The van der Waals surface area contributed by atoms with Gasteiger partial charge in [-0.2, -0.15) is 0 Å². The van der Waals surface area contributed by atoms with Gasteiger partial charge < -0.3 is 20.5 Å². The van der Waals surface area contributed by atoms with Gasteiger partial charge in [0.25, 0.3) is 0 Å². The van der Waals surface area contributed by atoms with E-state index in [1.54, 1.807) is 7.05 Å². The van der Waals surface area contributed by atoms with Crippen LogP contribution < -0.4 is 5.73 Å². The molecule has 1 rings (SSSR count). The number of nitrogens with two attached hydrogens (primary N) is 1. The molecule has 0 aliphatic carbocycles. The van der Waals surface area contributed by atoms with Crippen LogP contribution in [0.3, 0.4) is 0 Å². The van der Waals surface area contributed by atoms with Gasteiger partial charge in [0, 0.05) is 7.05 Å². The summed E-state index contributed by atoms with van der Waals surface area (Å²) in [5.41, 5.74) is 5.18. The van der Waals surface area contributed by atoms with Crippen molar-refractivity contribution in [1.82, 2.24) is 4.90 Å². The standard InChI is InChI=1S/C8H14N2O4/c1-10(7(11)2-9)6-4-14-3-5(6)8(12)13/h5-6H,2-4,9H2,1H3,(H,12,13). The van der Waals surface area contributed by atoms with Crippen LogP contribution >= 0.6 is 0 Å². The highest BCUT2D eigenvalue weighted by Crippen LogP contribution is 2.18. The van der Waals surface area contributed by atoms with Gasteiger partial charge in [-0.05, 0) is 0 Å². The second-order valence-corrected chi connectivity index (χ2v) is 3.26. The molecule has 0 aromatic heterocycles. The van der Waals surface area contributed by atoms with Gasteiger partial charge in [-0.3, -0.25) is 9.59 Å². The zero-order chi connectivity index (χ0) is 10.7. The molecular weight excluding hydrogens is 188 g/mol. The largest absolute Gasteiger partial charge is 0.481 e. The Bertz CT molecular complexity index is 243. The van der Waals surface area contributed by atoms with E-state index in [9.17, 15) is 9.59 Å². The number of carbonyl (C=O) groups excluding carboxylic acids is 1. The average molecular weight is 202 g/mol. The number of carboxylic acid groups (broad SMARTS) is 1. The molecule has 1 aliphatic rings. The molecule has 1 amide bonds. The predicted octanol–water partition coefficient (Wildman–Crippen LogP) is -1.50. The van der Waals surface area contributed by atoms with Gasteiger partial charge in [-0.1, -0.05) is 0 Å². The molecule has 2 unspecified atom stereocenters. The lowest BCUT2D eigenvalue weighted by atomic mass is 10.0. The molecule has 6 heteroatoms. The maximum atomic E-state index is 11.2. The van der Waals surface area contributed by atoms with Crippen molar-refractivity contribution in [1.29, 1.82) is 0 Å². The Morgan fingerprint density at radius 3 is 2.71 bits per heavy atom. The van der Waals surface area contributed by atoms with E-state index in [1.807, 2.05) is 0 Å². The van der Waals surface area contributed by atoms with Gasteiger partial charge >= 0.3 is 5.97 Å². The van der Waals surface area contributed by atoms with Crippen LogP contribution in [0.2, 0.25) is 0 Å². The van der Waals surface area contributed by atoms with E-state index in [2.05, 4.69) is 0 Å². The van der Waals surface area contributed by atoms with Crippen molar-refractivity contribution in [2.24, 2.45) is 11.7 Å². The molecule has 80 valence electrons. The molecule has 1 aliphatic heterocycles. The van der Waals surface area contributed by atoms with E-state index < -0.39 is 17.9 Å². The Morgan fingerprint density at radius 2 is 2.21 bits per heavy atom. The molecule has 0 aromatic rings. The van der Waals surface area contributed by atoms with Crippen molar-refractivity contribution in [2.75, 3.05) is 26.8 Å². The Kier molecular flexibility index (Phi) is 3.43. The Labute approximate surface area is 81.6 Å². The second kappa shape index (κ2) is 4.39. The maximum absolute atomic E-state index is 11.2. The van der Waals surface area contributed by atoms with Gasteiger partial charge in [0.2, 0.25) is 5.91 Å². The number of carbonyl (C=O) groups is 2. The van der Waals surface area contributed by atoms with Crippen molar-refractivity contribution in [3.05, 3.63) is 0 Å². The van der Waals surface area contributed by atoms with Crippen molar-refractivity contribution >= 4 is 11.9 Å². The summed E-state index contributed by atoms with van der Waals surface area (Å²) in [6.45, 7) is 0.306. The number of hydrogen-bond donors (Lipinski definition) is 2. The SMILES string of the molecule is CN(C(=O)CN)C1COCC1C(=O)O. The summed E-state index contributed by atoms with van der Waals surface area (Å²) in [7, 11) is 1.55. The lowest BCUT2D eigenvalue weighted by Crippen LogP contribution is -2.46. The first-order valence-corrected chi connectivity index (χ1v) is 4.34. The van der Waals surface area contributed by atoms with Crippen molar-refractivity contribution in [2.45, 2.75) is 6.04 Å². The minimum atomic E-state index is -0.941. The molecule has 14 heavy (non-hydrogen) atoms. The summed E-state index contributed by atoms with van der Waals surface area (Å²) < 4.78 is 5.03. The first kappa shape index (κ1) is 10.9. The minimum absolute atomic E-state index is 0.112. The van der Waals surface area contributed by atoms with Gasteiger partial charge in [0.1, 0.15) is 5.92 Å². The van der Waals surface area contributed by atoms with Crippen LogP contribution in [0.15, 0.2) is 0 Å². The normalized spacial score (nSPS) is 26.1. The van der Waals surface area contributed by atoms with E-state index in [0.29, 0.717) is 0 Å². The molecule has 0 spiro atoms. The number of likely N-dealkylation sites (N-methyl/N-ethyl adjacent to an activating group) is 1. The fraction of sp³-hybridized carbons (Fsp3) is 0.750. The molecule has 1 fully saturated rings. The molecule has 3 N–H and O–H groups in total. The summed E-state index contributed by atoms with van der Waals surface area (Å²) in [6.07, 6.45) is 0. The monoisotopic (exact) mass is 202 g/mol. The van der Waals surface area contributed by atoms with Crippen LogP contribution in [-0.4, -0.2) is 54.7 Å². The third-order valence-electron chi connectivity index (χ3n) is 2.43.